The molecular formula is C10H23NS. The fraction of sp³-hybridized carbons (Fsp3) is 1.00. The molecule has 0 aliphatic carbocycles. The second-order valence-corrected chi connectivity index (χ2v) is 4.68. The van der Waals surface area contributed by atoms with Gasteiger partial charge in [-0.25, -0.2) is 0 Å². The van der Waals surface area contributed by atoms with E-state index in [0.717, 1.165) is 11.8 Å². The van der Waals surface area contributed by atoms with Gasteiger partial charge in [0.1, 0.15) is 0 Å². The van der Waals surface area contributed by atoms with Crippen LogP contribution in [0.4, 0.5) is 0 Å². The largest absolute Gasteiger partial charge is 0.319 e. The standard InChI is InChI=1S/C10H23NS/c1-9(2)10(8-11-3)6-5-7-12-4/h9-11H,5-8H2,1-4H3. The van der Waals surface area contributed by atoms with E-state index in [4.69, 9.17) is 0 Å². The lowest BCUT2D eigenvalue weighted by Crippen LogP contribution is -2.23. The molecule has 0 amide bonds. The van der Waals surface area contributed by atoms with Gasteiger partial charge in [-0.1, -0.05) is 13.8 Å². The number of rotatable bonds is 7. The molecule has 0 saturated carbocycles. The van der Waals surface area contributed by atoms with Crippen molar-refractivity contribution in [3.8, 4) is 0 Å². The molecule has 0 bridgehead atoms. The summed E-state index contributed by atoms with van der Waals surface area (Å²) in [6, 6.07) is 0. The zero-order chi connectivity index (χ0) is 9.40. The van der Waals surface area contributed by atoms with Gasteiger partial charge < -0.3 is 5.32 Å². The molecule has 0 fully saturated rings. The summed E-state index contributed by atoms with van der Waals surface area (Å²) >= 11 is 1.95. The van der Waals surface area contributed by atoms with Crippen molar-refractivity contribution in [2.24, 2.45) is 11.8 Å². The Kier molecular flexibility index (Phi) is 8.14. The number of thioether (sulfide) groups is 1. The lowest BCUT2D eigenvalue weighted by molar-refractivity contribution is 0.347. The summed E-state index contributed by atoms with van der Waals surface area (Å²) in [6.07, 6.45) is 4.92. The third kappa shape index (κ3) is 5.90. The summed E-state index contributed by atoms with van der Waals surface area (Å²) < 4.78 is 0. The Morgan fingerprint density at radius 2 is 2.00 bits per heavy atom. The molecule has 1 N–H and O–H groups in total. The van der Waals surface area contributed by atoms with Crippen LogP contribution in [0.15, 0.2) is 0 Å². The van der Waals surface area contributed by atoms with Crippen molar-refractivity contribution >= 4 is 11.8 Å². The highest BCUT2D eigenvalue weighted by molar-refractivity contribution is 7.98. The van der Waals surface area contributed by atoms with Crippen LogP contribution in [-0.4, -0.2) is 25.6 Å². The Bertz CT molecular complexity index is 93.8. The molecule has 12 heavy (non-hydrogen) atoms. The van der Waals surface area contributed by atoms with E-state index in [9.17, 15) is 0 Å². The van der Waals surface area contributed by atoms with Crippen LogP contribution in [0.3, 0.4) is 0 Å². The zero-order valence-corrected chi connectivity index (χ0v) is 9.71. The predicted molar refractivity (Wildman–Crippen MR) is 59.9 cm³/mol. The smallest absolute Gasteiger partial charge is 0.00211 e. The molecule has 1 unspecified atom stereocenters. The molecule has 0 saturated heterocycles. The average Bonchev–Trinajstić information content (AvgIpc) is 2.03. The minimum absolute atomic E-state index is 0.819. The summed E-state index contributed by atoms with van der Waals surface area (Å²) in [6.45, 7) is 5.81. The van der Waals surface area contributed by atoms with Gasteiger partial charge in [0.25, 0.3) is 0 Å². The molecule has 0 spiro atoms. The molecule has 0 aliphatic heterocycles. The van der Waals surface area contributed by atoms with Crippen molar-refractivity contribution in [1.29, 1.82) is 0 Å². The van der Waals surface area contributed by atoms with Crippen LogP contribution in [0, 0.1) is 11.8 Å². The first-order chi connectivity index (χ1) is 5.72. The lowest BCUT2D eigenvalue weighted by Gasteiger charge is -2.19. The van der Waals surface area contributed by atoms with Crippen molar-refractivity contribution in [1.82, 2.24) is 5.32 Å². The van der Waals surface area contributed by atoms with Crippen molar-refractivity contribution in [3.05, 3.63) is 0 Å². The van der Waals surface area contributed by atoms with Crippen LogP contribution >= 0.6 is 11.8 Å². The fourth-order valence-corrected chi connectivity index (χ4v) is 1.88. The van der Waals surface area contributed by atoms with Crippen LogP contribution in [0.25, 0.3) is 0 Å². The molecule has 0 heterocycles. The van der Waals surface area contributed by atoms with Crippen LogP contribution in [0.1, 0.15) is 26.7 Å². The quantitative estimate of drug-likeness (QED) is 0.618. The monoisotopic (exact) mass is 189 g/mol. The topological polar surface area (TPSA) is 12.0 Å². The second kappa shape index (κ2) is 7.93. The first kappa shape index (κ1) is 12.3. The normalized spacial score (nSPS) is 13.8. The maximum absolute atomic E-state index is 3.27. The molecule has 1 atom stereocenters. The number of hydrogen-bond acceptors (Lipinski definition) is 2. The van der Waals surface area contributed by atoms with Crippen molar-refractivity contribution in [3.63, 3.8) is 0 Å². The van der Waals surface area contributed by atoms with E-state index in [-0.39, 0.29) is 0 Å². The van der Waals surface area contributed by atoms with Gasteiger partial charge in [-0.05, 0) is 50.3 Å². The average molecular weight is 189 g/mol. The van der Waals surface area contributed by atoms with E-state index in [1.807, 2.05) is 18.8 Å². The van der Waals surface area contributed by atoms with Gasteiger partial charge in [0.2, 0.25) is 0 Å². The van der Waals surface area contributed by atoms with Crippen molar-refractivity contribution in [2.45, 2.75) is 26.7 Å². The van der Waals surface area contributed by atoms with Crippen LogP contribution in [0.5, 0.6) is 0 Å². The summed E-state index contributed by atoms with van der Waals surface area (Å²) in [4.78, 5) is 0. The van der Waals surface area contributed by atoms with Crippen LogP contribution in [0.2, 0.25) is 0 Å². The molecule has 0 aromatic rings. The zero-order valence-electron chi connectivity index (χ0n) is 8.89. The summed E-state index contributed by atoms with van der Waals surface area (Å²) in [5.74, 6) is 2.99. The SMILES string of the molecule is CNCC(CCCSC)C(C)C. The Labute approximate surface area is 81.7 Å². The molecule has 2 heteroatoms. The van der Waals surface area contributed by atoms with Crippen molar-refractivity contribution < 1.29 is 0 Å². The second-order valence-electron chi connectivity index (χ2n) is 3.70. The van der Waals surface area contributed by atoms with Gasteiger partial charge in [0.15, 0.2) is 0 Å². The van der Waals surface area contributed by atoms with Gasteiger partial charge in [-0.3, -0.25) is 0 Å². The van der Waals surface area contributed by atoms with E-state index in [0.29, 0.717) is 0 Å². The number of hydrogen-bond donors (Lipinski definition) is 1. The minimum Gasteiger partial charge on any atom is -0.319 e. The van der Waals surface area contributed by atoms with Gasteiger partial charge in [0.05, 0.1) is 0 Å². The van der Waals surface area contributed by atoms with Gasteiger partial charge in [-0.15, -0.1) is 0 Å². The predicted octanol–water partition coefficient (Wildman–Crippen LogP) is 2.62. The fourth-order valence-electron chi connectivity index (χ4n) is 1.42. The molecule has 0 aromatic heterocycles. The van der Waals surface area contributed by atoms with E-state index >= 15 is 0 Å². The summed E-state index contributed by atoms with van der Waals surface area (Å²) in [5, 5.41) is 3.27. The van der Waals surface area contributed by atoms with E-state index in [1.54, 1.807) is 0 Å². The third-order valence-corrected chi connectivity index (χ3v) is 3.03. The molecule has 0 aromatic carbocycles. The summed E-state index contributed by atoms with van der Waals surface area (Å²) in [5.41, 5.74) is 0. The van der Waals surface area contributed by atoms with Crippen LogP contribution in [-0.2, 0) is 0 Å². The highest BCUT2D eigenvalue weighted by atomic mass is 32.2. The Morgan fingerprint density at radius 1 is 1.33 bits per heavy atom. The molecular weight excluding hydrogens is 166 g/mol. The Morgan fingerprint density at radius 3 is 2.42 bits per heavy atom. The molecule has 0 rings (SSSR count). The first-order valence-corrected chi connectivity index (χ1v) is 6.25. The highest BCUT2D eigenvalue weighted by Crippen LogP contribution is 2.17. The first-order valence-electron chi connectivity index (χ1n) is 4.86. The van der Waals surface area contributed by atoms with Crippen LogP contribution < -0.4 is 5.32 Å². The molecule has 74 valence electrons. The number of nitrogens with one attached hydrogen (secondary N) is 1. The van der Waals surface area contributed by atoms with E-state index in [1.165, 1.54) is 25.1 Å². The lowest BCUT2D eigenvalue weighted by atomic mass is 9.91. The molecule has 0 radical (unpaired) electrons. The van der Waals surface area contributed by atoms with Gasteiger partial charge >= 0.3 is 0 Å². The van der Waals surface area contributed by atoms with E-state index in [2.05, 4.69) is 25.4 Å². The maximum Gasteiger partial charge on any atom is -0.00211 e. The minimum atomic E-state index is 0.819. The van der Waals surface area contributed by atoms with Gasteiger partial charge in [0, 0.05) is 0 Å². The Balaban J connectivity index is 3.49. The van der Waals surface area contributed by atoms with Gasteiger partial charge in [-0.2, -0.15) is 11.8 Å². The highest BCUT2D eigenvalue weighted by Gasteiger charge is 2.11. The molecule has 0 aliphatic rings. The van der Waals surface area contributed by atoms with E-state index < -0.39 is 0 Å². The Hall–Kier alpha value is 0.310. The van der Waals surface area contributed by atoms with Crippen molar-refractivity contribution in [2.75, 3.05) is 25.6 Å². The third-order valence-electron chi connectivity index (χ3n) is 2.33. The molecule has 1 nitrogen and oxygen atoms in total. The summed E-state index contributed by atoms with van der Waals surface area (Å²) in [7, 11) is 2.05. The maximum atomic E-state index is 3.27.